The minimum atomic E-state index is -0.401. The summed E-state index contributed by atoms with van der Waals surface area (Å²) in [6.07, 6.45) is 0.802. The monoisotopic (exact) mass is 419 g/mol. The summed E-state index contributed by atoms with van der Waals surface area (Å²) in [5, 5.41) is 0. The fraction of sp³-hybridized carbons (Fsp3) is 0.261. The second-order valence-electron chi connectivity index (χ2n) is 7.94. The Morgan fingerprint density at radius 1 is 1.00 bits per heavy atom. The van der Waals surface area contributed by atoms with Gasteiger partial charge in [-0.2, -0.15) is 4.98 Å². The van der Waals surface area contributed by atoms with Crippen LogP contribution in [0.25, 0.3) is 11.2 Å². The summed E-state index contributed by atoms with van der Waals surface area (Å²) in [7, 11) is 1.64. The van der Waals surface area contributed by atoms with Gasteiger partial charge in [0.2, 0.25) is 5.95 Å². The van der Waals surface area contributed by atoms with Gasteiger partial charge in [0.25, 0.3) is 5.56 Å². The van der Waals surface area contributed by atoms with E-state index in [1.54, 1.807) is 19.2 Å². The first-order chi connectivity index (χ1) is 14.9. The zero-order chi connectivity index (χ0) is 21.7. The summed E-state index contributed by atoms with van der Waals surface area (Å²) in [6.45, 7) is 3.51. The summed E-state index contributed by atoms with van der Waals surface area (Å²) < 4.78 is 18.0. The molecule has 2 aromatic carbocycles. The van der Waals surface area contributed by atoms with Gasteiger partial charge >= 0.3 is 5.69 Å². The second kappa shape index (κ2) is 7.23. The molecule has 8 heteroatoms. The minimum absolute atomic E-state index is 0.198. The number of fused-ring (bicyclic) bond motifs is 3. The third kappa shape index (κ3) is 3.15. The number of benzene rings is 2. The lowest BCUT2D eigenvalue weighted by atomic mass is 10.1. The Hall–Kier alpha value is -3.68. The Balaban J connectivity index is 1.68. The predicted octanol–water partition coefficient (Wildman–Crippen LogP) is 2.93. The molecule has 0 saturated carbocycles. The normalized spacial score (nSPS) is 13.6. The van der Waals surface area contributed by atoms with E-state index in [1.807, 2.05) is 40.7 Å². The molecule has 5 rings (SSSR count). The highest BCUT2D eigenvalue weighted by Crippen LogP contribution is 2.30. The molecule has 0 spiro atoms. The zero-order valence-electron chi connectivity index (χ0n) is 17.4. The van der Waals surface area contributed by atoms with Gasteiger partial charge in [0.1, 0.15) is 5.82 Å². The van der Waals surface area contributed by atoms with Gasteiger partial charge < -0.3 is 9.47 Å². The summed E-state index contributed by atoms with van der Waals surface area (Å²) >= 11 is 0. The van der Waals surface area contributed by atoms with Crippen molar-refractivity contribution in [3.05, 3.63) is 86.3 Å². The van der Waals surface area contributed by atoms with Crippen LogP contribution in [0, 0.1) is 12.7 Å². The van der Waals surface area contributed by atoms with Crippen LogP contribution in [-0.2, 0) is 20.1 Å². The van der Waals surface area contributed by atoms with E-state index < -0.39 is 5.69 Å². The number of rotatable bonds is 3. The highest BCUT2D eigenvalue weighted by Gasteiger charge is 2.27. The fourth-order valence-electron chi connectivity index (χ4n) is 4.15. The molecule has 0 unspecified atom stereocenters. The van der Waals surface area contributed by atoms with Crippen LogP contribution in [-0.4, -0.2) is 25.2 Å². The average Bonchev–Trinajstić information content (AvgIpc) is 3.17. The van der Waals surface area contributed by atoms with Crippen LogP contribution in [0.4, 0.5) is 16.0 Å². The molecule has 2 aromatic heterocycles. The van der Waals surface area contributed by atoms with E-state index in [2.05, 4.69) is 4.98 Å². The highest BCUT2D eigenvalue weighted by molar-refractivity contribution is 5.77. The molecular weight excluding hydrogens is 397 g/mol. The van der Waals surface area contributed by atoms with Gasteiger partial charge in [-0.25, -0.2) is 9.18 Å². The zero-order valence-corrected chi connectivity index (χ0v) is 17.4. The molecule has 0 saturated heterocycles. The van der Waals surface area contributed by atoms with Crippen LogP contribution in [0.1, 0.15) is 17.5 Å². The highest BCUT2D eigenvalue weighted by atomic mass is 19.1. The molecule has 0 N–H and O–H groups in total. The molecular formula is C23H22FN5O2. The Kier molecular flexibility index (Phi) is 4.50. The first kappa shape index (κ1) is 19.3. The van der Waals surface area contributed by atoms with Crippen LogP contribution < -0.4 is 16.1 Å². The molecule has 7 nitrogen and oxygen atoms in total. The van der Waals surface area contributed by atoms with E-state index in [4.69, 9.17) is 0 Å². The van der Waals surface area contributed by atoms with E-state index in [1.165, 1.54) is 21.3 Å². The van der Waals surface area contributed by atoms with Crippen molar-refractivity contribution < 1.29 is 4.39 Å². The summed E-state index contributed by atoms with van der Waals surface area (Å²) in [6, 6.07) is 14.0. The maximum Gasteiger partial charge on any atom is 0.332 e. The van der Waals surface area contributed by atoms with Crippen molar-refractivity contribution in [1.82, 2.24) is 18.7 Å². The van der Waals surface area contributed by atoms with Crippen LogP contribution in [0.3, 0.4) is 0 Å². The van der Waals surface area contributed by atoms with Gasteiger partial charge in [-0.15, -0.1) is 0 Å². The molecule has 1 aliphatic rings. The molecule has 0 atom stereocenters. The molecule has 158 valence electrons. The lowest BCUT2D eigenvalue weighted by molar-refractivity contribution is 0.596. The quantitative estimate of drug-likeness (QED) is 0.512. The Labute approximate surface area is 177 Å². The van der Waals surface area contributed by atoms with E-state index in [0.717, 1.165) is 23.2 Å². The molecule has 0 bridgehead atoms. The molecule has 3 heterocycles. The van der Waals surface area contributed by atoms with Crippen molar-refractivity contribution in [2.75, 3.05) is 11.4 Å². The maximum atomic E-state index is 13.4. The molecule has 31 heavy (non-hydrogen) atoms. The van der Waals surface area contributed by atoms with Crippen LogP contribution in [0.5, 0.6) is 0 Å². The smallest absolute Gasteiger partial charge is 0.312 e. The van der Waals surface area contributed by atoms with Crippen LogP contribution in [0.2, 0.25) is 0 Å². The SMILES string of the molecule is Cc1ccc(Cn2c(=O)c3c(nc4n3CCCN4c3ccc(F)cc3)n(C)c2=O)cc1. The predicted molar refractivity (Wildman–Crippen MR) is 118 cm³/mol. The molecule has 0 radical (unpaired) electrons. The van der Waals surface area contributed by atoms with Gasteiger partial charge in [-0.05, 0) is 43.2 Å². The van der Waals surface area contributed by atoms with Crippen molar-refractivity contribution in [3.8, 4) is 0 Å². The number of hydrogen-bond acceptors (Lipinski definition) is 4. The number of anilines is 2. The topological polar surface area (TPSA) is 65.1 Å². The van der Waals surface area contributed by atoms with E-state index in [0.29, 0.717) is 30.2 Å². The van der Waals surface area contributed by atoms with Gasteiger partial charge in [0.05, 0.1) is 6.54 Å². The van der Waals surface area contributed by atoms with Gasteiger partial charge in [0.15, 0.2) is 11.2 Å². The van der Waals surface area contributed by atoms with E-state index in [-0.39, 0.29) is 17.9 Å². The molecule has 0 amide bonds. The van der Waals surface area contributed by atoms with Crippen LogP contribution in [0.15, 0.2) is 58.1 Å². The first-order valence-corrected chi connectivity index (χ1v) is 10.2. The van der Waals surface area contributed by atoms with Gasteiger partial charge in [0, 0.05) is 25.8 Å². The number of imidazole rings is 1. The molecule has 0 fully saturated rings. The van der Waals surface area contributed by atoms with E-state index in [9.17, 15) is 14.0 Å². The van der Waals surface area contributed by atoms with Gasteiger partial charge in [-0.3, -0.25) is 13.9 Å². The molecule has 0 aliphatic carbocycles. The standard InChI is InChI=1S/C23H22FN5O2/c1-15-4-6-16(7-5-15)14-29-21(30)19-20(26(2)23(29)31)25-22-27(12-3-13-28(19)22)18-10-8-17(24)9-11-18/h4-11H,3,12-14H2,1-2H3. The maximum absolute atomic E-state index is 13.4. The molecule has 4 aromatic rings. The molecule has 1 aliphatic heterocycles. The third-order valence-electron chi connectivity index (χ3n) is 5.82. The summed E-state index contributed by atoms with van der Waals surface area (Å²) in [5.74, 6) is 0.281. The summed E-state index contributed by atoms with van der Waals surface area (Å²) in [4.78, 5) is 33.0. The Morgan fingerprint density at radius 2 is 1.71 bits per heavy atom. The largest absolute Gasteiger partial charge is 0.332 e. The van der Waals surface area contributed by atoms with Crippen molar-refractivity contribution in [1.29, 1.82) is 0 Å². The lowest BCUT2D eigenvalue weighted by Crippen LogP contribution is -2.40. The number of hydrogen-bond donors (Lipinski definition) is 0. The van der Waals surface area contributed by atoms with Crippen molar-refractivity contribution in [3.63, 3.8) is 0 Å². The number of nitrogens with zero attached hydrogens (tertiary/aromatic N) is 5. The van der Waals surface area contributed by atoms with Gasteiger partial charge in [-0.1, -0.05) is 29.8 Å². The Morgan fingerprint density at radius 3 is 2.42 bits per heavy atom. The van der Waals surface area contributed by atoms with Crippen molar-refractivity contribution >= 4 is 22.8 Å². The Bertz CT molecular complexity index is 1400. The summed E-state index contributed by atoms with van der Waals surface area (Å²) in [5.41, 5.74) is 2.82. The van der Waals surface area contributed by atoms with Crippen LogP contribution >= 0.6 is 0 Å². The number of halogens is 1. The average molecular weight is 419 g/mol. The number of aromatic nitrogens is 4. The van der Waals surface area contributed by atoms with E-state index >= 15 is 0 Å². The van der Waals surface area contributed by atoms with Crippen molar-refractivity contribution in [2.45, 2.75) is 26.4 Å². The lowest BCUT2D eigenvalue weighted by Gasteiger charge is -2.29. The third-order valence-corrected chi connectivity index (χ3v) is 5.82. The minimum Gasteiger partial charge on any atom is -0.312 e. The fourth-order valence-corrected chi connectivity index (χ4v) is 4.15. The van der Waals surface area contributed by atoms with Crippen molar-refractivity contribution in [2.24, 2.45) is 7.05 Å². The first-order valence-electron chi connectivity index (χ1n) is 10.2. The number of aryl methyl sites for hydroxylation is 3. The second-order valence-corrected chi connectivity index (χ2v) is 7.94.